The van der Waals surface area contributed by atoms with Crippen molar-refractivity contribution in [3.8, 4) is 0 Å². The fourth-order valence-electron chi connectivity index (χ4n) is 5.96. The van der Waals surface area contributed by atoms with Crippen molar-refractivity contribution in [1.82, 2.24) is 31.9 Å². The number of hydrogen-bond donors (Lipinski definition) is 10. The Labute approximate surface area is 341 Å². The first kappa shape index (κ1) is 53.2. The Morgan fingerprint density at radius 3 is 0.845 bits per heavy atom. The van der Waals surface area contributed by atoms with Crippen molar-refractivity contribution >= 4 is 53.4 Å². The van der Waals surface area contributed by atoms with Crippen molar-refractivity contribution in [2.24, 2.45) is 35.3 Å². The number of nitrogens with one attached hydrogen (secondary N) is 6. The summed E-state index contributed by atoms with van der Waals surface area (Å²) >= 11 is 0. The molecule has 0 saturated carbocycles. The Balaban J connectivity index is 6.37. The van der Waals surface area contributed by atoms with Gasteiger partial charge in [0.1, 0.15) is 36.3 Å². The molecule has 58 heavy (non-hydrogen) atoms. The Hall–Kier alpha value is -4.81. The van der Waals surface area contributed by atoms with Crippen LogP contribution in [0.25, 0.3) is 0 Å². The van der Waals surface area contributed by atoms with Crippen LogP contribution in [0.3, 0.4) is 0 Å². The molecule has 0 saturated heterocycles. The topological polar surface area (TPSA) is 313 Å². The molecular weight excluding hydrogens is 758 g/mol. The minimum absolute atomic E-state index is 0.0943. The summed E-state index contributed by atoms with van der Waals surface area (Å²) in [6.45, 7) is 18.1. The summed E-state index contributed by atoms with van der Waals surface area (Å²) in [5.74, 6) is -9.15. The second-order valence-corrected chi connectivity index (χ2v) is 17.0. The molecule has 332 valence electrons. The third kappa shape index (κ3) is 22.2. The second kappa shape index (κ2) is 26.2. The molecule has 19 heteroatoms. The van der Waals surface area contributed by atoms with Crippen molar-refractivity contribution in [2.75, 3.05) is 0 Å². The summed E-state index contributed by atoms with van der Waals surface area (Å²) in [7, 11) is 0. The predicted molar refractivity (Wildman–Crippen MR) is 214 cm³/mol. The maximum atomic E-state index is 13.9. The summed E-state index contributed by atoms with van der Waals surface area (Å²) in [4.78, 5) is 115. The average Bonchev–Trinajstić information content (AvgIpc) is 3.06. The Morgan fingerprint density at radius 1 is 0.397 bits per heavy atom. The van der Waals surface area contributed by atoms with Crippen molar-refractivity contribution < 1.29 is 58.5 Å². The van der Waals surface area contributed by atoms with Crippen molar-refractivity contribution in [3.63, 3.8) is 0 Å². The third-order valence-electron chi connectivity index (χ3n) is 8.69. The Kier molecular flexibility index (Phi) is 24.1. The van der Waals surface area contributed by atoms with E-state index in [-0.39, 0.29) is 68.1 Å². The highest BCUT2D eigenvalue weighted by Crippen LogP contribution is 2.14. The molecule has 7 atom stereocenters. The summed E-state index contributed by atoms with van der Waals surface area (Å²) in [5, 5.41) is 43.1. The van der Waals surface area contributed by atoms with E-state index in [1.54, 1.807) is 13.8 Å². The minimum atomic E-state index is -1.52. The van der Waals surface area contributed by atoms with E-state index < -0.39 is 108 Å². The van der Waals surface area contributed by atoms with E-state index >= 15 is 0 Å². The van der Waals surface area contributed by atoms with Crippen molar-refractivity contribution in [3.05, 3.63) is 0 Å². The van der Waals surface area contributed by atoms with Crippen LogP contribution in [0.4, 0.5) is 0 Å². The lowest BCUT2D eigenvalue weighted by molar-refractivity contribution is -0.143. The Morgan fingerprint density at radius 2 is 0.638 bits per heavy atom. The first-order chi connectivity index (χ1) is 26.7. The smallest absolute Gasteiger partial charge is 0.326 e. The zero-order chi connectivity index (χ0) is 45.0. The highest BCUT2D eigenvalue weighted by atomic mass is 16.4. The van der Waals surface area contributed by atoms with E-state index in [4.69, 9.17) is 15.9 Å². The van der Waals surface area contributed by atoms with Gasteiger partial charge in [-0.25, -0.2) is 4.79 Å². The maximum Gasteiger partial charge on any atom is 0.326 e. The molecule has 0 aromatic carbocycles. The molecule has 0 aromatic heterocycles. The van der Waals surface area contributed by atoms with Gasteiger partial charge in [-0.1, -0.05) is 69.2 Å². The van der Waals surface area contributed by atoms with Gasteiger partial charge < -0.3 is 53.0 Å². The van der Waals surface area contributed by atoms with E-state index in [1.807, 2.05) is 55.4 Å². The number of carbonyl (C=O) groups excluding carboxylic acids is 6. The highest BCUT2D eigenvalue weighted by Gasteiger charge is 2.35. The SMILES string of the molecule is CC(C)C[C@H](NC(=O)[C@H](CC(C)C)NC(=O)[C@H](CC(C)C)NC(=O)[C@H](CC(C)C)NC(=O)[C@H](CC(C)C)NC(=O)[C@@H](N)CC(=O)O)C(=O)N[C@@H](CCC(=O)O)C(=O)O. The van der Waals surface area contributed by atoms with Crippen molar-refractivity contribution in [1.29, 1.82) is 0 Å². The second-order valence-electron chi connectivity index (χ2n) is 17.0. The summed E-state index contributed by atoms with van der Waals surface area (Å²) in [6.07, 6.45) is -0.907. The summed E-state index contributed by atoms with van der Waals surface area (Å²) in [6, 6.07) is -8.84. The van der Waals surface area contributed by atoms with Crippen LogP contribution in [0, 0.1) is 29.6 Å². The molecule has 19 nitrogen and oxygen atoms in total. The van der Waals surface area contributed by atoms with Gasteiger partial charge in [0.05, 0.1) is 12.5 Å². The van der Waals surface area contributed by atoms with Gasteiger partial charge in [0.15, 0.2) is 0 Å². The first-order valence-corrected chi connectivity index (χ1v) is 20.0. The minimum Gasteiger partial charge on any atom is -0.481 e. The highest BCUT2D eigenvalue weighted by molar-refractivity contribution is 5.97. The van der Waals surface area contributed by atoms with E-state index in [0.717, 1.165) is 0 Å². The summed E-state index contributed by atoms with van der Waals surface area (Å²) in [5.41, 5.74) is 5.71. The van der Waals surface area contributed by atoms with Crippen LogP contribution in [0.1, 0.15) is 121 Å². The molecule has 11 N–H and O–H groups in total. The lowest BCUT2D eigenvalue weighted by Gasteiger charge is -2.29. The van der Waals surface area contributed by atoms with E-state index in [1.165, 1.54) is 0 Å². The van der Waals surface area contributed by atoms with Crippen LogP contribution in [-0.4, -0.2) is 111 Å². The molecule has 0 unspecified atom stereocenters. The fourth-order valence-corrected chi connectivity index (χ4v) is 5.96. The maximum absolute atomic E-state index is 13.9. The van der Waals surface area contributed by atoms with Crippen LogP contribution >= 0.6 is 0 Å². The number of amides is 6. The number of aliphatic carboxylic acids is 3. The van der Waals surface area contributed by atoms with Gasteiger partial charge in [-0.05, 0) is 68.1 Å². The quantitative estimate of drug-likeness (QED) is 0.0525. The molecule has 0 bridgehead atoms. The zero-order valence-electron chi connectivity index (χ0n) is 35.7. The molecule has 0 aliphatic heterocycles. The van der Waals surface area contributed by atoms with E-state index in [9.17, 15) is 48.3 Å². The standard InChI is InChI=1S/C39H69N7O12/c1-19(2)13-26(42-33(51)24(40)18-32(49)50)35(53)44-28(15-21(5)6)37(55)46-30(17-23(9)10)38(56)45-29(16-22(7)8)36(54)43-27(14-20(3)4)34(52)41-25(39(57)58)11-12-31(47)48/h19-30H,11-18,40H2,1-10H3,(H,41,52)(H,42,51)(H,43,54)(H,44,53)(H,45,56)(H,46,55)(H,47,48)(H,49,50)(H,57,58)/t24-,25-,26-,27-,28-,29-,30-/m0/s1. The van der Waals surface area contributed by atoms with Gasteiger partial charge in [-0.3, -0.25) is 38.4 Å². The van der Waals surface area contributed by atoms with E-state index in [2.05, 4.69) is 31.9 Å². The molecule has 0 aliphatic carbocycles. The molecule has 0 heterocycles. The number of nitrogens with two attached hydrogens (primary N) is 1. The fraction of sp³-hybridized carbons (Fsp3) is 0.769. The molecule has 0 fully saturated rings. The molecule has 0 rings (SSSR count). The lowest BCUT2D eigenvalue weighted by atomic mass is 9.97. The lowest BCUT2D eigenvalue weighted by Crippen LogP contribution is -2.60. The zero-order valence-corrected chi connectivity index (χ0v) is 35.7. The molecule has 0 aromatic rings. The summed E-state index contributed by atoms with van der Waals surface area (Å²) < 4.78 is 0. The van der Waals surface area contributed by atoms with Crippen LogP contribution in [0.15, 0.2) is 0 Å². The van der Waals surface area contributed by atoms with Gasteiger partial charge in [0.2, 0.25) is 35.4 Å². The molecule has 0 aliphatic rings. The van der Waals surface area contributed by atoms with Crippen LogP contribution in [0.2, 0.25) is 0 Å². The Bertz CT molecular complexity index is 1420. The molecule has 0 spiro atoms. The number of carbonyl (C=O) groups is 9. The van der Waals surface area contributed by atoms with Crippen LogP contribution < -0.4 is 37.6 Å². The number of carboxylic acids is 3. The largest absolute Gasteiger partial charge is 0.481 e. The van der Waals surface area contributed by atoms with Crippen LogP contribution in [0.5, 0.6) is 0 Å². The van der Waals surface area contributed by atoms with Crippen LogP contribution in [-0.2, 0) is 43.2 Å². The normalized spacial score (nSPS) is 15.1. The van der Waals surface area contributed by atoms with Crippen molar-refractivity contribution in [2.45, 2.75) is 163 Å². The number of carboxylic acid groups (broad SMARTS) is 3. The predicted octanol–water partition coefficient (Wildman–Crippen LogP) is 0.877. The molecule has 0 radical (unpaired) electrons. The number of rotatable bonds is 28. The average molecular weight is 828 g/mol. The van der Waals surface area contributed by atoms with Gasteiger partial charge >= 0.3 is 17.9 Å². The number of hydrogen-bond acceptors (Lipinski definition) is 10. The third-order valence-corrected chi connectivity index (χ3v) is 8.69. The van der Waals surface area contributed by atoms with E-state index in [0.29, 0.717) is 0 Å². The van der Waals surface area contributed by atoms with Gasteiger partial charge in [-0.2, -0.15) is 0 Å². The monoisotopic (exact) mass is 828 g/mol. The molecular formula is C39H69N7O12. The van der Waals surface area contributed by atoms with Gasteiger partial charge in [-0.15, -0.1) is 0 Å². The first-order valence-electron chi connectivity index (χ1n) is 20.0. The molecule has 6 amide bonds. The van der Waals surface area contributed by atoms with Gasteiger partial charge in [0.25, 0.3) is 0 Å². The van der Waals surface area contributed by atoms with Gasteiger partial charge in [0, 0.05) is 6.42 Å².